The molecule has 2 fully saturated rings. The molecule has 2 atom stereocenters. The molecule has 0 radical (unpaired) electrons. The molecule has 2 aliphatic rings. The molecule has 3 N–H and O–H groups in total. The highest BCUT2D eigenvalue weighted by Gasteiger charge is 2.31. The van der Waals surface area contributed by atoms with Crippen molar-refractivity contribution in [1.82, 2.24) is 15.8 Å². The molecule has 4 rings (SSSR count). The van der Waals surface area contributed by atoms with Gasteiger partial charge < -0.3 is 20.5 Å². The third-order valence-electron chi connectivity index (χ3n) is 6.76. The number of hydrogen-bond donors (Lipinski definition) is 3. The minimum absolute atomic E-state index is 0.0241. The number of aromatic nitrogens is 1. The van der Waals surface area contributed by atoms with Gasteiger partial charge in [0.05, 0.1) is 11.7 Å². The molecule has 2 heterocycles. The Morgan fingerprint density at radius 1 is 1.06 bits per heavy atom. The number of hydrogen-bond acceptors (Lipinski definition) is 5. The van der Waals surface area contributed by atoms with E-state index in [0.717, 1.165) is 50.5 Å². The number of amides is 3. The van der Waals surface area contributed by atoms with Crippen LogP contribution in [0.3, 0.4) is 0 Å². The van der Waals surface area contributed by atoms with Crippen LogP contribution in [0, 0.1) is 12.8 Å². The Morgan fingerprint density at radius 2 is 1.76 bits per heavy atom. The van der Waals surface area contributed by atoms with E-state index in [9.17, 15) is 14.4 Å². The van der Waals surface area contributed by atoms with Crippen LogP contribution in [0.5, 0.6) is 0 Å². The zero-order valence-corrected chi connectivity index (χ0v) is 19.1. The summed E-state index contributed by atoms with van der Waals surface area (Å²) in [6.45, 7) is 1.71. The van der Waals surface area contributed by atoms with Gasteiger partial charge in [0, 0.05) is 12.1 Å². The highest BCUT2D eigenvalue weighted by atomic mass is 16.5. The molecule has 1 saturated heterocycles. The van der Waals surface area contributed by atoms with E-state index in [1.54, 1.807) is 6.92 Å². The topological polar surface area (TPSA) is 113 Å². The average Bonchev–Trinajstić information content (AvgIpc) is 3.41. The second-order valence-corrected chi connectivity index (χ2v) is 9.14. The summed E-state index contributed by atoms with van der Waals surface area (Å²) in [7, 11) is 0. The quantitative estimate of drug-likeness (QED) is 0.612. The Labute approximate surface area is 193 Å². The molecular formula is C25H32N4O4. The minimum atomic E-state index is -0.640. The summed E-state index contributed by atoms with van der Waals surface area (Å²) in [4.78, 5) is 37.7. The predicted molar refractivity (Wildman–Crippen MR) is 123 cm³/mol. The number of anilines is 1. The van der Waals surface area contributed by atoms with E-state index in [-0.39, 0.29) is 29.7 Å². The summed E-state index contributed by atoms with van der Waals surface area (Å²) in [6.07, 6.45) is 10.1. The lowest BCUT2D eigenvalue weighted by atomic mass is 9.85. The first kappa shape index (κ1) is 23.0. The fourth-order valence-electron chi connectivity index (χ4n) is 4.83. The maximum Gasteiger partial charge on any atom is 0.257 e. The molecule has 1 aromatic carbocycles. The summed E-state index contributed by atoms with van der Waals surface area (Å²) >= 11 is 0. The van der Waals surface area contributed by atoms with Crippen molar-refractivity contribution in [2.24, 2.45) is 5.92 Å². The van der Waals surface area contributed by atoms with Crippen LogP contribution in [0.25, 0.3) is 0 Å². The Balaban J connectivity index is 1.47. The second-order valence-electron chi connectivity index (χ2n) is 9.14. The first-order valence-corrected chi connectivity index (χ1v) is 11.9. The maximum atomic E-state index is 13.4. The largest absolute Gasteiger partial charge is 0.364 e. The molecule has 176 valence electrons. The molecule has 33 heavy (non-hydrogen) atoms. The van der Waals surface area contributed by atoms with E-state index in [0.29, 0.717) is 23.4 Å². The molecule has 0 bridgehead atoms. The van der Waals surface area contributed by atoms with Crippen LogP contribution < -0.4 is 16.0 Å². The molecule has 8 heteroatoms. The highest BCUT2D eigenvalue weighted by molar-refractivity contribution is 6.01. The fourth-order valence-corrected chi connectivity index (χ4v) is 4.83. The van der Waals surface area contributed by atoms with Gasteiger partial charge in [-0.15, -0.1) is 0 Å². The Hall–Kier alpha value is -3.16. The minimum Gasteiger partial charge on any atom is -0.364 e. The van der Waals surface area contributed by atoms with Crippen LogP contribution in [0.1, 0.15) is 85.4 Å². The molecule has 2 aromatic rings. The van der Waals surface area contributed by atoms with Crippen LogP contribution in [-0.4, -0.2) is 28.9 Å². The van der Waals surface area contributed by atoms with E-state index in [2.05, 4.69) is 21.1 Å². The van der Waals surface area contributed by atoms with Crippen LogP contribution in [0.2, 0.25) is 0 Å². The number of carbonyl (C=O) groups excluding carboxylic acids is 3. The van der Waals surface area contributed by atoms with Crippen molar-refractivity contribution in [3.63, 3.8) is 0 Å². The van der Waals surface area contributed by atoms with Crippen molar-refractivity contribution in [3.8, 4) is 0 Å². The molecule has 0 spiro atoms. The number of nitrogens with one attached hydrogen (secondary N) is 3. The first-order chi connectivity index (χ1) is 16.0. The molecule has 1 aliphatic heterocycles. The summed E-state index contributed by atoms with van der Waals surface area (Å²) in [5.41, 5.74) is 2.53. The summed E-state index contributed by atoms with van der Waals surface area (Å²) in [5, 5.41) is 12.7. The monoisotopic (exact) mass is 452 g/mol. The molecule has 3 amide bonds. The maximum absolute atomic E-state index is 13.4. The van der Waals surface area contributed by atoms with Gasteiger partial charge in [0.25, 0.3) is 5.91 Å². The molecule has 1 saturated carbocycles. The molecule has 8 nitrogen and oxygen atoms in total. The third-order valence-corrected chi connectivity index (χ3v) is 6.76. The van der Waals surface area contributed by atoms with Gasteiger partial charge in [-0.1, -0.05) is 49.4 Å². The van der Waals surface area contributed by atoms with Gasteiger partial charge in [0.1, 0.15) is 17.9 Å². The lowest BCUT2D eigenvalue weighted by Gasteiger charge is -2.28. The Morgan fingerprint density at radius 3 is 2.36 bits per heavy atom. The smallest absolute Gasteiger partial charge is 0.257 e. The third kappa shape index (κ3) is 5.80. The van der Waals surface area contributed by atoms with E-state index in [4.69, 9.17) is 4.52 Å². The van der Waals surface area contributed by atoms with Gasteiger partial charge in [-0.3, -0.25) is 14.4 Å². The zero-order chi connectivity index (χ0) is 23.2. The van der Waals surface area contributed by atoms with Gasteiger partial charge in [0.15, 0.2) is 0 Å². The Kier molecular flexibility index (Phi) is 7.42. The van der Waals surface area contributed by atoms with Gasteiger partial charge in [-0.25, -0.2) is 0 Å². The molecule has 2 unspecified atom stereocenters. The number of nitrogens with zero attached hydrogens (tertiary/aromatic N) is 1. The van der Waals surface area contributed by atoms with E-state index >= 15 is 0 Å². The fraction of sp³-hybridized carbons (Fsp3) is 0.520. The van der Waals surface area contributed by atoms with Crippen molar-refractivity contribution in [2.45, 2.75) is 76.8 Å². The molecule has 1 aliphatic carbocycles. The van der Waals surface area contributed by atoms with Crippen LogP contribution >= 0.6 is 0 Å². The van der Waals surface area contributed by atoms with Gasteiger partial charge >= 0.3 is 0 Å². The van der Waals surface area contributed by atoms with Gasteiger partial charge in [-0.2, -0.15) is 0 Å². The van der Waals surface area contributed by atoms with Crippen LogP contribution in [0.4, 0.5) is 5.69 Å². The Bertz CT molecular complexity index is 977. The van der Waals surface area contributed by atoms with Crippen molar-refractivity contribution in [3.05, 3.63) is 47.3 Å². The van der Waals surface area contributed by atoms with E-state index < -0.39 is 6.04 Å². The van der Waals surface area contributed by atoms with Crippen LogP contribution in [-0.2, 0) is 9.59 Å². The zero-order valence-electron chi connectivity index (χ0n) is 19.1. The lowest BCUT2D eigenvalue weighted by molar-refractivity contribution is -0.120. The normalized spacial score (nSPS) is 20.4. The van der Waals surface area contributed by atoms with Crippen molar-refractivity contribution >= 4 is 23.4 Å². The molecular weight excluding hydrogens is 420 g/mol. The summed E-state index contributed by atoms with van der Waals surface area (Å²) in [6, 6.07) is 6.93. The average molecular weight is 453 g/mol. The van der Waals surface area contributed by atoms with Crippen molar-refractivity contribution in [2.75, 3.05) is 5.32 Å². The second kappa shape index (κ2) is 10.6. The standard InChI is InChI=1S/C25H32N4O4/c1-16-20(15-33-29-16)24(31)28-23(18-7-5-3-2-4-6-8-18)25(32)26-19-11-9-17(10-12-19)21-13-14-22(30)27-21/h9-12,15,18,21,23H,2-8,13-14H2,1H3,(H,26,32)(H,27,30)(H,28,31). The van der Waals surface area contributed by atoms with E-state index in [1.807, 2.05) is 24.3 Å². The van der Waals surface area contributed by atoms with Gasteiger partial charge in [-0.05, 0) is 49.8 Å². The highest BCUT2D eigenvalue weighted by Crippen LogP contribution is 2.27. The van der Waals surface area contributed by atoms with Gasteiger partial charge in [0.2, 0.25) is 11.8 Å². The van der Waals surface area contributed by atoms with Crippen molar-refractivity contribution in [1.29, 1.82) is 0 Å². The number of benzene rings is 1. The predicted octanol–water partition coefficient (Wildman–Crippen LogP) is 4.03. The number of carbonyl (C=O) groups is 3. The molecule has 1 aromatic heterocycles. The number of aryl methyl sites for hydroxylation is 1. The van der Waals surface area contributed by atoms with E-state index in [1.165, 1.54) is 12.7 Å². The van der Waals surface area contributed by atoms with Crippen LogP contribution in [0.15, 0.2) is 35.1 Å². The lowest BCUT2D eigenvalue weighted by Crippen LogP contribution is -2.48. The van der Waals surface area contributed by atoms with Crippen molar-refractivity contribution < 1.29 is 18.9 Å². The summed E-state index contributed by atoms with van der Waals surface area (Å²) in [5.74, 6) is -0.422. The number of rotatable bonds is 6. The first-order valence-electron chi connectivity index (χ1n) is 11.9. The SMILES string of the molecule is Cc1nocc1C(=O)NC(C(=O)Nc1ccc(C2CCC(=O)N2)cc1)C1CCCCCCC1. The summed E-state index contributed by atoms with van der Waals surface area (Å²) < 4.78 is 4.91.